The van der Waals surface area contributed by atoms with Crippen molar-refractivity contribution in [3.63, 3.8) is 0 Å². The molecule has 1 aromatic rings. The summed E-state index contributed by atoms with van der Waals surface area (Å²) in [4.78, 5) is 0. The van der Waals surface area contributed by atoms with E-state index in [0.29, 0.717) is 17.4 Å². The predicted octanol–water partition coefficient (Wildman–Crippen LogP) is 5.80. The fourth-order valence-electron chi connectivity index (χ4n) is 4.35. The van der Waals surface area contributed by atoms with Crippen LogP contribution in [0.15, 0.2) is 12.1 Å². The second kappa shape index (κ2) is 7.89. The first-order valence-electron chi connectivity index (χ1n) is 9.60. The van der Waals surface area contributed by atoms with Crippen LogP contribution in [0.3, 0.4) is 0 Å². The van der Waals surface area contributed by atoms with Gasteiger partial charge in [-0.3, -0.25) is 0 Å². The maximum absolute atomic E-state index is 13.5. The SMILES string of the molecule is CC(C)(C)CC1COC(C2CCC(c3cc(F)c(F)c(F)c3)CC2)OC1. The van der Waals surface area contributed by atoms with Gasteiger partial charge in [0.15, 0.2) is 23.7 Å². The lowest BCUT2D eigenvalue weighted by Crippen LogP contribution is -2.39. The van der Waals surface area contributed by atoms with Gasteiger partial charge in [-0.15, -0.1) is 0 Å². The minimum absolute atomic E-state index is 0.0630. The topological polar surface area (TPSA) is 18.5 Å². The van der Waals surface area contributed by atoms with E-state index in [2.05, 4.69) is 20.8 Å². The smallest absolute Gasteiger partial charge is 0.194 e. The van der Waals surface area contributed by atoms with Crippen molar-refractivity contribution in [2.45, 2.75) is 65.1 Å². The molecule has 2 nitrogen and oxygen atoms in total. The lowest BCUT2D eigenvalue weighted by Gasteiger charge is -2.39. The van der Waals surface area contributed by atoms with Crippen molar-refractivity contribution < 1.29 is 22.6 Å². The summed E-state index contributed by atoms with van der Waals surface area (Å²) in [7, 11) is 0. The third kappa shape index (κ3) is 4.80. The Labute approximate surface area is 154 Å². The van der Waals surface area contributed by atoms with Crippen LogP contribution in [-0.4, -0.2) is 19.5 Å². The first-order valence-corrected chi connectivity index (χ1v) is 9.60. The summed E-state index contributed by atoms with van der Waals surface area (Å²) in [5.74, 6) is -2.79. The molecule has 0 atom stereocenters. The molecule has 1 aromatic carbocycles. The Hall–Kier alpha value is -1.07. The molecule has 5 heteroatoms. The van der Waals surface area contributed by atoms with Gasteiger partial charge in [0.05, 0.1) is 13.2 Å². The summed E-state index contributed by atoms with van der Waals surface area (Å²) < 4.78 is 52.0. The van der Waals surface area contributed by atoms with Crippen molar-refractivity contribution in [2.75, 3.05) is 13.2 Å². The van der Waals surface area contributed by atoms with Crippen molar-refractivity contribution in [2.24, 2.45) is 17.3 Å². The average Bonchev–Trinajstić information content (AvgIpc) is 2.59. The third-order valence-electron chi connectivity index (χ3n) is 5.53. The summed E-state index contributed by atoms with van der Waals surface area (Å²) in [5, 5.41) is 0. The van der Waals surface area contributed by atoms with Crippen molar-refractivity contribution >= 4 is 0 Å². The van der Waals surface area contributed by atoms with Gasteiger partial charge < -0.3 is 9.47 Å². The molecule has 0 amide bonds. The zero-order valence-electron chi connectivity index (χ0n) is 15.9. The minimum Gasteiger partial charge on any atom is -0.352 e. The van der Waals surface area contributed by atoms with Gasteiger partial charge in [0.25, 0.3) is 0 Å². The highest BCUT2D eigenvalue weighted by Crippen LogP contribution is 2.40. The quantitative estimate of drug-likeness (QED) is 0.626. The fourth-order valence-corrected chi connectivity index (χ4v) is 4.35. The van der Waals surface area contributed by atoms with Crippen LogP contribution in [0.2, 0.25) is 0 Å². The van der Waals surface area contributed by atoms with Crippen LogP contribution in [-0.2, 0) is 9.47 Å². The molecule has 0 radical (unpaired) electrons. The van der Waals surface area contributed by atoms with Crippen molar-refractivity contribution in [1.29, 1.82) is 0 Å². The van der Waals surface area contributed by atoms with Gasteiger partial charge in [-0.05, 0) is 61.1 Å². The van der Waals surface area contributed by atoms with Crippen LogP contribution in [0.4, 0.5) is 13.2 Å². The maximum Gasteiger partial charge on any atom is 0.194 e. The molecule has 1 aliphatic heterocycles. The second-order valence-electron chi connectivity index (χ2n) is 9.08. The van der Waals surface area contributed by atoms with Crippen LogP contribution in [0, 0.1) is 34.7 Å². The van der Waals surface area contributed by atoms with Gasteiger partial charge >= 0.3 is 0 Å². The Balaban J connectivity index is 1.50. The number of ether oxygens (including phenoxy) is 2. The van der Waals surface area contributed by atoms with E-state index < -0.39 is 17.5 Å². The van der Waals surface area contributed by atoms with E-state index in [1.165, 1.54) is 0 Å². The summed E-state index contributed by atoms with van der Waals surface area (Å²) in [6, 6.07) is 2.27. The van der Waals surface area contributed by atoms with Crippen LogP contribution < -0.4 is 0 Å². The third-order valence-corrected chi connectivity index (χ3v) is 5.53. The predicted molar refractivity (Wildman–Crippen MR) is 94.3 cm³/mol. The molecule has 0 bridgehead atoms. The van der Waals surface area contributed by atoms with E-state index in [-0.39, 0.29) is 17.6 Å². The highest BCUT2D eigenvalue weighted by molar-refractivity contribution is 5.23. The molecule has 0 spiro atoms. The second-order valence-corrected chi connectivity index (χ2v) is 9.08. The first kappa shape index (κ1) is 19.7. The van der Waals surface area contributed by atoms with Gasteiger partial charge in [0.2, 0.25) is 0 Å². The standard InChI is InChI=1S/C21H29F3O2/c1-21(2,3)10-13-11-25-20(26-12-13)15-6-4-14(5-7-15)16-8-17(22)19(24)18(23)9-16/h8-9,13-15,20H,4-7,10-12H2,1-3H3. The fraction of sp³-hybridized carbons (Fsp3) is 0.714. The molecule has 146 valence electrons. The first-order chi connectivity index (χ1) is 12.2. The minimum atomic E-state index is -1.39. The van der Waals surface area contributed by atoms with Gasteiger partial charge in [-0.25, -0.2) is 13.2 Å². The molecule has 0 unspecified atom stereocenters. The van der Waals surface area contributed by atoms with Gasteiger partial charge in [-0.2, -0.15) is 0 Å². The number of benzene rings is 1. The maximum atomic E-state index is 13.5. The largest absolute Gasteiger partial charge is 0.352 e. The highest BCUT2D eigenvalue weighted by atomic mass is 19.2. The van der Waals surface area contributed by atoms with Crippen LogP contribution >= 0.6 is 0 Å². The molecule has 1 heterocycles. The van der Waals surface area contributed by atoms with E-state index in [0.717, 1.165) is 57.5 Å². The molecule has 0 N–H and O–H groups in total. The Morgan fingerprint density at radius 2 is 1.46 bits per heavy atom. The molecule has 1 saturated heterocycles. The highest BCUT2D eigenvalue weighted by Gasteiger charge is 2.34. The molecule has 3 rings (SSSR count). The van der Waals surface area contributed by atoms with E-state index in [9.17, 15) is 13.2 Å². The molecular formula is C21H29F3O2. The normalized spacial score (nSPS) is 30.4. The van der Waals surface area contributed by atoms with Gasteiger partial charge in [0, 0.05) is 11.8 Å². The molecular weight excluding hydrogens is 341 g/mol. The number of hydrogen-bond acceptors (Lipinski definition) is 2. The summed E-state index contributed by atoms with van der Waals surface area (Å²) in [6.45, 7) is 8.14. The van der Waals surface area contributed by atoms with Gasteiger partial charge in [0.1, 0.15) is 0 Å². The molecule has 0 aromatic heterocycles. The van der Waals surface area contributed by atoms with Crippen molar-refractivity contribution in [1.82, 2.24) is 0 Å². The zero-order valence-corrected chi connectivity index (χ0v) is 15.9. The van der Waals surface area contributed by atoms with Crippen LogP contribution in [0.1, 0.15) is 64.4 Å². The zero-order chi connectivity index (χ0) is 18.9. The molecule has 2 aliphatic rings. The summed E-state index contributed by atoms with van der Waals surface area (Å²) in [6.07, 6.45) is 4.30. The Morgan fingerprint density at radius 3 is 1.96 bits per heavy atom. The van der Waals surface area contributed by atoms with Crippen molar-refractivity contribution in [3.05, 3.63) is 35.1 Å². The molecule has 2 fully saturated rings. The Morgan fingerprint density at radius 1 is 0.923 bits per heavy atom. The molecule has 26 heavy (non-hydrogen) atoms. The molecule has 1 saturated carbocycles. The van der Waals surface area contributed by atoms with Gasteiger partial charge in [-0.1, -0.05) is 20.8 Å². The van der Waals surface area contributed by atoms with E-state index in [1.54, 1.807) is 0 Å². The average molecular weight is 370 g/mol. The Kier molecular flexibility index (Phi) is 5.97. The summed E-state index contributed by atoms with van der Waals surface area (Å²) in [5.41, 5.74) is 0.817. The molecule has 1 aliphatic carbocycles. The van der Waals surface area contributed by atoms with Crippen LogP contribution in [0.5, 0.6) is 0 Å². The van der Waals surface area contributed by atoms with E-state index >= 15 is 0 Å². The number of halogens is 3. The number of hydrogen-bond donors (Lipinski definition) is 0. The monoisotopic (exact) mass is 370 g/mol. The van der Waals surface area contributed by atoms with E-state index in [1.807, 2.05) is 0 Å². The summed E-state index contributed by atoms with van der Waals surface area (Å²) >= 11 is 0. The van der Waals surface area contributed by atoms with Crippen molar-refractivity contribution in [3.8, 4) is 0 Å². The number of rotatable bonds is 3. The van der Waals surface area contributed by atoms with Crippen LogP contribution in [0.25, 0.3) is 0 Å². The Bertz CT molecular complexity index is 587. The lowest BCUT2D eigenvalue weighted by atomic mass is 9.78. The lowest BCUT2D eigenvalue weighted by molar-refractivity contribution is -0.231. The van der Waals surface area contributed by atoms with E-state index in [4.69, 9.17) is 9.47 Å².